The van der Waals surface area contributed by atoms with Crippen LogP contribution in [0.4, 0.5) is 0 Å². The van der Waals surface area contributed by atoms with Crippen LogP contribution in [0.25, 0.3) is 0 Å². The molecule has 0 saturated carbocycles. The molecule has 0 atom stereocenters. The molecule has 0 unspecified atom stereocenters. The molecule has 0 bridgehead atoms. The van der Waals surface area contributed by atoms with Crippen LogP contribution >= 0.6 is 23.2 Å². The van der Waals surface area contributed by atoms with Gasteiger partial charge in [-0.15, -0.1) is 0 Å². The normalized spacial score (nSPS) is 9.86. The summed E-state index contributed by atoms with van der Waals surface area (Å²) in [5.74, 6) is 0.682. The van der Waals surface area contributed by atoms with E-state index in [0.717, 1.165) is 0 Å². The highest BCUT2D eigenvalue weighted by molar-refractivity contribution is 6.34. The first-order valence-corrected chi connectivity index (χ1v) is 4.75. The van der Waals surface area contributed by atoms with Crippen molar-refractivity contribution in [2.75, 3.05) is 6.61 Å². The monoisotopic (exact) mass is 232 g/mol. The number of nitrogens with one attached hydrogen (secondary N) is 1. The lowest BCUT2D eigenvalue weighted by Gasteiger charge is -2.06. The van der Waals surface area contributed by atoms with E-state index in [0.29, 0.717) is 28.8 Å². The molecule has 0 amide bonds. The van der Waals surface area contributed by atoms with E-state index in [1.54, 1.807) is 18.2 Å². The Balaban J connectivity index is 2.54. The van der Waals surface area contributed by atoms with Crippen LogP contribution in [0.15, 0.2) is 18.2 Å². The van der Waals surface area contributed by atoms with Crippen molar-refractivity contribution in [1.82, 2.24) is 0 Å². The largest absolute Gasteiger partial charge is 0.493 e. The number of rotatable bonds is 4. The van der Waals surface area contributed by atoms with E-state index in [2.05, 4.69) is 0 Å². The smallest absolute Gasteiger partial charge is 0.122 e. The highest BCUT2D eigenvalue weighted by Gasteiger charge is 1.99. The van der Waals surface area contributed by atoms with Gasteiger partial charge < -0.3 is 10.5 Å². The van der Waals surface area contributed by atoms with Crippen molar-refractivity contribution in [2.45, 2.75) is 6.42 Å². The Morgan fingerprint density at radius 2 is 1.86 bits per heavy atom. The molecule has 1 aromatic rings. The molecule has 3 nitrogen and oxygen atoms in total. The highest BCUT2D eigenvalue weighted by Crippen LogP contribution is 2.24. The van der Waals surface area contributed by atoms with Gasteiger partial charge in [0, 0.05) is 16.5 Å². The summed E-state index contributed by atoms with van der Waals surface area (Å²) in [5.41, 5.74) is 5.17. The lowest BCUT2D eigenvalue weighted by Crippen LogP contribution is -2.13. The van der Waals surface area contributed by atoms with Crippen molar-refractivity contribution in [3.63, 3.8) is 0 Å². The predicted molar refractivity (Wildman–Crippen MR) is 58.5 cm³/mol. The molecule has 1 aromatic carbocycles. The van der Waals surface area contributed by atoms with E-state index in [1.165, 1.54) is 0 Å². The molecule has 0 spiro atoms. The van der Waals surface area contributed by atoms with Crippen LogP contribution in [0.2, 0.25) is 10.0 Å². The molecule has 0 fully saturated rings. The van der Waals surface area contributed by atoms with Gasteiger partial charge in [-0.05, 0) is 18.2 Å². The van der Waals surface area contributed by atoms with Crippen LogP contribution in [0.3, 0.4) is 0 Å². The average Bonchev–Trinajstić information content (AvgIpc) is 2.01. The summed E-state index contributed by atoms with van der Waals surface area (Å²) in [6.07, 6.45) is 0.393. The first-order chi connectivity index (χ1) is 6.58. The molecule has 0 saturated heterocycles. The Morgan fingerprint density at radius 1 is 1.29 bits per heavy atom. The lowest BCUT2D eigenvalue weighted by molar-refractivity contribution is 0.328. The summed E-state index contributed by atoms with van der Waals surface area (Å²) >= 11 is 11.5. The van der Waals surface area contributed by atoms with Crippen LogP contribution in [-0.2, 0) is 0 Å². The van der Waals surface area contributed by atoms with Gasteiger partial charge in [-0.3, -0.25) is 5.41 Å². The van der Waals surface area contributed by atoms with Crippen molar-refractivity contribution in [3.8, 4) is 5.75 Å². The molecule has 0 radical (unpaired) electrons. The Hall–Kier alpha value is -0.930. The second kappa shape index (κ2) is 5.08. The molecule has 5 heteroatoms. The van der Waals surface area contributed by atoms with Gasteiger partial charge >= 0.3 is 0 Å². The maximum Gasteiger partial charge on any atom is 0.122 e. The fourth-order valence-electron chi connectivity index (χ4n) is 0.891. The lowest BCUT2D eigenvalue weighted by atomic mass is 10.3. The maximum atomic E-state index is 6.99. The number of halogens is 2. The summed E-state index contributed by atoms with van der Waals surface area (Å²) in [5, 5.41) is 8.04. The van der Waals surface area contributed by atoms with Gasteiger partial charge in [-0.1, -0.05) is 23.2 Å². The van der Waals surface area contributed by atoms with Crippen LogP contribution in [0, 0.1) is 5.41 Å². The second-order valence-corrected chi connectivity index (χ2v) is 3.60. The molecule has 0 aliphatic heterocycles. The van der Waals surface area contributed by atoms with Gasteiger partial charge in [0.05, 0.1) is 12.4 Å². The Labute approximate surface area is 92.3 Å². The van der Waals surface area contributed by atoms with Crippen LogP contribution in [-0.4, -0.2) is 12.4 Å². The van der Waals surface area contributed by atoms with Gasteiger partial charge in [-0.25, -0.2) is 0 Å². The van der Waals surface area contributed by atoms with Crippen molar-refractivity contribution < 1.29 is 4.74 Å². The van der Waals surface area contributed by atoms with Gasteiger partial charge in [0.1, 0.15) is 5.75 Å². The zero-order valence-electron chi connectivity index (χ0n) is 7.39. The first-order valence-electron chi connectivity index (χ1n) is 4.00. The van der Waals surface area contributed by atoms with Gasteiger partial charge in [0.25, 0.3) is 0 Å². The number of ether oxygens (including phenoxy) is 1. The zero-order chi connectivity index (χ0) is 10.6. The first kappa shape index (κ1) is 11.1. The Morgan fingerprint density at radius 3 is 2.36 bits per heavy atom. The summed E-state index contributed by atoms with van der Waals surface area (Å²) in [6.45, 7) is 0.353. The predicted octanol–water partition coefficient (Wildman–Crippen LogP) is 2.70. The van der Waals surface area contributed by atoms with Crippen LogP contribution < -0.4 is 10.5 Å². The van der Waals surface area contributed by atoms with Crippen molar-refractivity contribution in [3.05, 3.63) is 28.2 Å². The molecule has 0 aromatic heterocycles. The average molecular weight is 233 g/mol. The Bertz CT molecular complexity index is 321. The van der Waals surface area contributed by atoms with E-state index in [-0.39, 0.29) is 5.84 Å². The summed E-state index contributed by atoms with van der Waals surface area (Å²) in [4.78, 5) is 0. The zero-order valence-corrected chi connectivity index (χ0v) is 8.90. The van der Waals surface area contributed by atoms with Gasteiger partial charge in [0.15, 0.2) is 0 Å². The minimum Gasteiger partial charge on any atom is -0.493 e. The van der Waals surface area contributed by atoms with E-state index in [9.17, 15) is 0 Å². The fourth-order valence-corrected chi connectivity index (χ4v) is 1.40. The highest BCUT2D eigenvalue weighted by atomic mass is 35.5. The standard InChI is InChI=1S/C9H10Cl2N2O/c10-6-3-7(11)5-8(4-6)14-2-1-9(12)13/h3-5H,1-2H2,(H3,12,13). The van der Waals surface area contributed by atoms with Crippen LogP contribution in [0.1, 0.15) is 6.42 Å². The third kappa shape index (κ3) is 3.85. The summed E-state index contributed by atoms with van der Waals surface area (Å²) < 4.78 is 5.29. The minimum atomic E-state index is 0.0955. The maximum absolute atomic E-state index is 6.99. The van der Waals surface area contributed by atoms with Crippen molar-refractivity contribution in [1.29, 1.82) is 5.41 Å². The van der Waals surface area contributed by atoms with E-state index in [1.807, 2.05) is 0 Å². The molecule has 0 aliphatic rings. The topological polar surface area (TPSA) is 59.1 Å². The SMILES string of the molecule is N=C(N)CCOc1cc(Cl)cc(Cl)c1. The molecule has 14 heavy (non-hydrogen) atoms. The molecule has 3 N–H and O–H groups in total. The third-order valence-electron chi connectivity index (χ3n) is 1.48. The quantitative estimate of drug-likeness (QED) is 0.620. The third-order valence-corrected chi connectivity index (χ3v) is 1.91. The molecule has 0 heterocycles. The Kier molecular flexibility index (Phi) is 4.04. The number of benzene rings is 1. The van der Waals surface area contributed by atoms with Crippen molar-refractivity contribution >= 4 is 29.0 Å². The molecular formula is C9H10Cl2N2O. The number of amidine groups is 1. The van der Waals surface area contributed by atoms with E-state index >= 15 is 0 Å². The van der Waals surface area contributed by atoms with Crippen LogP contribution in [0.5, 0.6) is 5.75 Å². The summed E-state index contributed by atoms with van der Waals surface area (Å²) in [7, 11) is 0. The van der Waals surface area contributed by atoms with Gasteiger partial charge in [-0.2, -0.15) is 0 Å². The summed E-state index contributed by atoms with van der Waals surface area (Å²) in [6, 6.07) is 4.95. The number of hydrogen-bond acceptors (Lipinski definition) is 2. The molecular weight excluding hydrogens is 223 g/mol. The number of nitrogens with two attached hydrogens (primary N) is 1. The molecule has 0 aliphatic carbocycles. The fraction of sp³-hybridized carbons (Fsp3) is 0.222. The van der Waals surface area contributed by atoms with Gasteiger partial charge in [0.2, 0.25) is 0 Å². The van der Waals surface area contributed by atoms with E-state index in [4.69, 9.17) is 39.1 Å². The minimum absolute atomic E-state index is 0.0955. The molecule has 1 rings (SSSR count). The van der Waals surface area contributed by atoms with E-state index < -0.39 is 0 Å². The molecule has 76 valence electrons. The second-order valence-electron chi connectivity index (χ2n) is 2.73. The number of hydrogen-bond donors (Lipinski definition) is 2. The van der Waals surface area contributed by atoms with Crippen molar-refractivity contribution in [2.24, 2.45) is 5.73 Å².